The summed E-state index contributed by atoms with van der Waals surface area (Å²) in [7, 11) is -2.78. The second-order valence-electron chi connectivity index (χ2n) is 10.2. The molecule has 42 heavy (non-hydrogen) atoms. The van der Waals surface area contributed by atoms with Crippen molar-refractivity contribution in [2.24, 2.45) is 0 Å². The molecule has 1 saturated carbocycles. The quantitative estimate of drug-likeness (QED) is 0.262. The van der Waals surface area contributed by atoms with Crippen molar-refractivity contribution in [2.45, 2.75) is 62.6 Å². The molecule has 0 aliphatic heterocycles. The topological polar surface area (TPSA) is 96.0 Å². The molecule has 0 bridgehead atoms. The molecule has 0 spiro atoms. The Kier molecular flexibility index (Phi) is 10.8. The van der Waals surface area contributed by atoms with Gasteiger partial charge in [-0.2, -0.15) is 0 Å². The smallest absolute Gasteiger partial charge is 0.264 e. The average Bonchev–Trinajstić information content (AvgIpc) is 3.50. The minimum absolute atomic E-state index is 0.0158. The van der Waals surface area contributed by atoms with Crippen LogP contribution in [-0.2, 0) is 26.2 Å². The van der Waals surface area contributed by atoms with Crippen molar-refractivity contribution in [1.29, 1.82) is 0 Å². The van der Waals surface area contributed by atoms with Gasteiger partial charge in [0.15, 0.2) is 0 Å². The minimum Gasteiger partial charge on any atom is -0.495 e. The van der Waals surface area contributed by atoms with Crippen molar-refractivity contribution in [2.75, 3.05) is 18.0 Å². The zero-order chi connectivity index (χ0) is 30.3. The molecule has 8 nitrogen and oxygen atoms in total. The number of carbonyl (C=O) groups excluding carboxylic acids is 2. The van der Waals surface area contributed by atoms with Crippen LogP contribution in [0.5, 0.6) is 5.75 Å². The Bertz CT molecular complexity index is 1500. The molecule has 1 atom stereocenters. The Morgan fingerprint density at radius 3 is 2.31 bits per heavy atom. The summed E-state index contributed by atoms with van der Waals surface area (Å²) in [6.07, 6.45) is 4.16. The number of rotatable bonds is 12. The van der Waals surface area contributed by atoms with Gasteiger partial charge in [0.1, 0.15) is 18.3 Å². The molecule has 11 heteroatoms. The monoisotopic (exact) mass is 631 g/mol. The fraction of sp³-hybridized carbons (Fsp3) is 0.355. The number of nitrogens with one attached hydrogen (secondary N) is 1. The summed E-state index contributed by atoms with van der Waals surface area (Å²) in [5, 5.41) is 3.87. The summed E-state index contributed by atoms with van der Waals surface area (Å²) >= 11 is 12.6. The predicted molar refractivity (Wildman–Crippen MR) is 165 cm³/mol. The van der Waals surface area contributed by atoms with Crippen LogP contribution in [-0.4, -0.2) is 50.9 Å². The second-order valence-corrected chi connectivity index (χ2v) is 12.9. The van der Waals surface area contributed by atoms with Crippen molar-refractivity contribution in [1.82, 2.24) is 10.2 Å². The number of hydrogen-bond acceptors (Lipinski definition) is 5. The summed E-state index contributed by atoms with van der Waals surface area (Å²) in [5.41, 5.74) is 0.779. The zero-order valence-electron chi connectivity index (χ0n) is 23.6. The average molecular weight is 633 g/mol. The van der Waals surface area contributed by atoms with Crippen molar-refractivity contribution in [3.63, 3.8) is 0 Å². The number of para-hydroxylation sites is 2. The summed E-state index contributed by atoms with van der Waals surface area (Å²) in [5.74, 6) is -0.569. The number of hydrogen-bond donors (Lipinski definition) is 1. The predicted octanol–water partition coefficient (Wildman–Crippen LogP) is 6.06. The maximum atomic E-state index is 14.3. The Hall–Kier alpha value is -3.27. The molecule has 0 radical (unpaired) electrons. The van der Waals surface area contributed by atoms with Gasteiger partial charge in [-0.05, 0) is 61.2 Å². The molecule has 1 N–H and O–H groups in total. The Labute approximate surface area is 257 Å². The number of halogens is 2. The van der Waals surface area contributed by atoms with Gasteiger partial charge >= 0.3 is 0 Å². The molecule has 224 valence electrons. The Morgan fingerprint density at radius 1 is 1.00 bits per heavy atom. The van der Waals surface area contributed by atoms with Gasteiger partial charge in [0, 0.05) is 22.6 Å². The lowest BCUT2D eigenvalue weighted by Crippen LogP contribution is -2.53. The number of methoxy groups -OCH3 is 1. The van der Waals surface area contributed by atoms with E-state index in [1.807, 2.05) is 6.92 Å². The Balaban J connectivity index is 1.75. The highest BCUT2D eigenvalue weighted by Gasteiger charge is 2.35. The lowest BCUT2D eigenvalue weighted by molar-refractivity contribution is -0.140. The zero-order valence-corrected chi connectivity index (χ0v) is 26.0. The van der Waals surface area contributed by atoms with Gasteiger partial charge in [-0.3, -0.25) is 13.9 Å². The highest BCUT2D eigenvalue weighted by atomic mass is 35.5. The lowest BCUT2D eigenvalue weighted by atomic mass is 10.1. The first kappa shape index (κ1) is 31.7. The largest absolute Gasteiger partial charge is 0.495 e. The SMILES string of the molecule is CC[C@H](C(=O)NC1CCCC1)N(Cc1ccc(Cl)cc1Cl)C(=O)CN(c1ccccc1OC)S(=O)(=O)c1ccccc1. The molecule has 1 fully saturated rings. The van der Waals surface area contributed by atoms with Crippen LogP contribution in [0.2, 0.25) is 10.0 Å². The third kappa shape index (κ3) is 7.38. The normalized spacial score (nSPS) is 14.3. The maximum absolute atomic E-state index is 14.3. The van der Waals surface area contributed by atoms with Crippen LogP contribution in [0.25, 0.3) is 0 Å². The Morgan fingerprint density at radius 2 is 1.67 bits per heavy atom. The number of sulfonamides is 1. The van der Waals surface area contributed by atoms with E-state index in [4.69, 9.17) is 27.9 Å². The van der Waals surface area contributed by atoms with Gasteiger partial charge in [-0.25, -0.2) is 8.42 Å². The third-order valence-corrected chi connectivity index (χ3v) is 9.77. The van der Waals surface area contributed by atoms with E-state index in [9.17, 15) is 18.0 Å². The molecule has 0 unspecified atom stereocenters. The van der Waals surface area contributed by atoms with Crippen LogP contribution >= 0.6 is 23.2 Å². The maximum Gasteiger partial charge on any atom is 0.264 e. The molecule has 0 saturated heterocycles. The fourth-order valence-corrected chi connectivity index (χ4v) is 7.10. The van der Waals surface area contributed by atoms with Gasteiger partial charge in [-0.15, -0.1) is 0 Å². The van der Waals surface area contributed by atoms with E-state index in [-0.39, 0.29) is 34.8 Å². The molecule has 4 rings (SSSR count). The summed E-state index contributed by atoms with van der Waals surface area (Å²) < 4.78 is 34.5. The number of ether oxygens (including phenoxy) is 1. The van der Waals surface area contributed by atoms with Crippen molar-refractivity contribution >= 4 is 50.7 Å². The molecule has 0 heterocycles. The number of benzene rings is 3. The molecular weight excluding hydrogens is 597 g/mol. The van der Waals surface area contributed by atoms with Crippen LogP contribution in [0.1, 0.15) is 44.6 Å². The number of carbonyl (C=O) groups is 2. The highest BCUT2D eigenvalue weighted by molar-refractivity contribution is 7.92. The summed E-state index contributed by atoms with van der Waals surface area (Å²) in [6.45, 7) is 1.23. The van der Waals surface area contributed by atoms with Crippen molar-refractivity contribution in [3.05, 3.63) is 88.4 Å². The van der Waals surface area contributed by atoms with Crippen LogP contribution in [0.4, 0.5) is 5.69 Å². The van der Waals surface area contributed by atoms with E-state index in [1.165, 1.54) is 24.1 Å². The third-order valence-electron chi connectivity index (χ3n) is 7.41. The number of amides is 2. The van der Waals surface area contributed by atoms with E-state index in [0.29, 0.717) is 22.0 Å². The van der Waals surface area contributed by atoms with Gasteiger partial charge in [0.25, 0.3) is 10.0 Å². The standard InChI is InChI=1S/C31H35Cl2N3O5S/c1-3-27(31(38)34-24-11-7-8-12-24)35(20-22-17-18-23(32)19-26(22)33)30(37)21-36(28-15-9-10-16-29(28)41-2)42(39,40)25-13-5-4-6-14-25/h4-6,9-10,13-19,24,27H,3,7-8,11-12,20-21H2,1-2H3,(H,34,38)/t27-/m1/s1. The molecule has 1 aliphatic rings. The van der Waals surface area contributed by atoms with Gasteiger partial charge < -0.3 is 15.0 Å². The van der Waals surface area contributed by atoms with Crippen molar-refractivity contribution in [3.8, 4) is 5.75 Å². The van der Waals surface area contributed by atoms with Crippen LogP contribution in [0.3, 0.4) is 0 Å². The highest BCUT2D eigenvalue weighted by Crippen LogP contribution is 2.33. The molecular formula is C31H35Cl2N3O5S. The van der Waals surface area contributed by atoms with E-state index >= 15 is 0 Å². The number of anilines is 1. The first-order valence-electron chi connectivity index (χ1n) is 13.9. The molecule has 0 aromatic heterocycles. The minimum atomic E-state index is -4.21. The van der Waals surface area contributed by atoms with E-state index < -0.39 is 28.5 Å². The van der Waals surface area contributed by atoms with E-state index in [1.54, 1.807) is 60.7 Å². The van der Waals surface area contributed by atoms with E-state index in [2.05, 4.69) is 5.32 Å². The van der Waals surface area contributed by atoms with E-state index in [0.717, 1.165) is 30.0 Å². The molecule has 2 amide bonds. The van der Waals surface area contributed by atoms with Crippen LogP contribution in [0.15, 0.2) is 77.7 Å². The van der Waals surface area contributed by atoms with Gasteiger partial charge in [-0.1, -0.05) is 79.4 Å². The van der Waals surface area contributed by atoms with Crippen molar-refractivity contribution < 1.29 is 22.7 Å². The molecule has 3 aromatic rings. The molecule has 3 aromatic carbocycles. The van der Waals surface area contributed by atoms with Crippen LogP contribution in [0, 0.1) is 0 Å². The number of nitrogens with zero attached hydrogens (tertiary/aromatic N) is 2. The van der Waals surface area contributed by atoms with Gasteiger partial charge in [0.05, 0.1) is 17.7 Å². The van der Waals surface area contributed by atoms with Gasteiger partial charge in [0.2, 0.25) is 11.8 Å². The molecule has 1 aliphatic carbocycles. The summed E-state index contributed by atoms with van der Waals surface area (Å²) in [6, 6.07) is 18.6. The fourth-order valence-electron chi connectivity index (χ4n) is 5.19. The lowest BCUT2D eigenvalue weighted by Gasteiger charge is -2.34. The van der Waals surface area contributed by atoms with Crippen LogP contribution < -0.4 is 14.4 Å². The first-order chi connectivity index (χ1) is 20.1. The summed E-state index contributed by atoms with van der Waals surface area (Å²) in [4.78, 5) is 29.2. The second kappa shape index (κ2) is 14.3. The first-order valence-corrected chi connectivity index (χ1v) is 16.1.